The Bertz CT molecular complexity index is 166. The summed E-state index contributed by atoms with van der Waals surface area (Å²) in [5, 5.41) is 0. The Balaban J connectivity index is 2.01. The molecule has 2 rings (SSSR count). The van der Waals surface area contributed by atoms with E-state index < -0.39 is 0 Å². The lowest BCUT2D eigenvalue weighted by molar-refractivity contribution is 0.302. The van der Waals surface area contributed by atoms with Crippen LogP contribution in [0.3, 0.4) is 0 Å². The molecule has 1 heteroatoms. The molecule has 1 spiro atoms. The van der Waals surface area contributed by atoms with Crippen LogP contribution in [0.2, 0.25) is 0 Å². The van der Waals surface area contributed by atoms with Crippen LogP contribution in [0.4, 0.5) is 0 Å². The quantitative estimate of drug-likeness (QED) is 0.534. The van der Waals surface area contributed by atoms with Crippen molar-refractivity contribution >= 4 is 0 Å². The van der Waals surface area contributed by atoms with E-state index in [1.807, 2.05) is 0 Å². The van der Waals surface area contributed by atoms with E-state index in [4.69, 9.17) is 0 Å². The molecule has 1 nitrogen and oxygen atoms in total. The molecule has 1 fully saturated rings. The smallest absolute Gasteiger partial charge is 0.0267 e. The molecule has 0 radical (unpaired) electrons. The Hall–Kier alpha value is -0.460. The Morgan fingerprint density at radius 2 is 2.10 bits per heavy atom. The summed E-state index contributed by atoms with van der Waals surface area (Å²) < 4.78 is 0. The maximum atomic E-state index is 2.44. The minimum absolute atomic E-state index is 0.643. The zero-order valence-corrected chi connectivity index (χ0v) is 6.80. The lowest BCUT2D eigenvalue weighted by atomic mass is 10.1. The third kappa shape index (κ3) is 0.845. The first kappa shape index (κ1) is 6.26. The zero-order valence-electron chi connectivity index (χ0n) is 6.80. The van der Waals surface area contributed by atoms with Crippen molar-refractivity contribution in [2.45, 2.75) is 32.7 Å². The third-order valence-electron chi connectivity index (χ3n) is 2.67. The highest BCUT2D eigenvalue weighted by atomic mass is 15.2. The van der Waals surface area contributed by atoms with Gasteiger partial charge in [-0.05, 0) is 32.9 Å². The average Bonchev–Trinajstić information content (AvgIpc) is 2.41. The molecule has 0 unspecified atom stereocenters. The summed E-state index contributed by atoms with van der Waals surface area (Å²) in [5.74, 6) is 0. The summed E-state index contributed by atoms with van der Waals surface area (Å²) in [6, 6.07) is 0.691. The lowest BCUT2D eigenvalue weighted by Crippen LogP contribution is -2.25. The van der Waals surface area contributed by atoms with Gasteiger partial charge in [0.15, 0.2) is 0 Å². The summed E-state index contributed by atoms with van der Waals surface area (Å²) in [6.07, 6.45) is 7.52. The van der Waals surface area contributed by atoms with Gasteiger partial charge in [-0.25, -0.2) is 0 Å². The van der Waals surface area contributed by atoms with Crippen LogP contribution in [0.25, 0.3) is 0 Å². The van der Waals surface area contributed by atoms with Crippen molar-refractivity contribution in [3.05, 3.63) is 12.3 Å². The average molecular weight is 137 g/mol. The zero-order chi connectivity index (χ0) is 7.19. The molecular formula is C9H15N. The summed E-state index contributed by atoms with van der Waals surface area (Å²) >= 11 is 0. The Kier molecular flexibility index (Phi) is 1.11. The van der Waals surface area contributed by atoms with Crippen molar-refractivity contribution in [1.29, 1.82) is 0 Å². The van der Waals surface area contributed by atoms with Gasteiger partial charge in [-0.15, -0.1) is 0 Å². The molecule has 1 saturated carbocycles. The molecule has 0 aromatic heterocycles. The molecule has 2 aliphatic rings. The first-order valence-corrected chi connectivity index (χ1v) is 4.17. The fourth-order valence-corrected chi connectivity index (χ4v) is 1.56. The van der Waals surface area contributed by atoms with Crippen LogP contribution >= 0.6 is 0 Å². The maximum Gasteiger partial charge on any atom is 0.0267 e. The third-order valence-corrected chi connectivity index (χ3v) is 2.67. The lowest BCUT2D eigenvalue weighted by Gasteiger charge is -2.21. The number of rotatable bonds is 1. The molecule has 0 amide bonds. The molecule has 0 N–H and O–H groups in total. The van der Waals surface area contributed by atoms with Crippen LogP contribution in [-0.4, -0.2) is 17.5 Å². The summed E-state index contributed by atoms with van der Waals surface area (Å²) in [5.41, 5.74) is 0.643. The summed E-state index contributed by atoms with van der Waals surface area (Å²) in [6.45, 7) is 5.79. The van der Waals surface area contributed by atoms with E-state index in [0.29, 0.717) is 11.5 Å². The first-order chi connectivity index (χ1) is 4.72. The number of nitrogens with zero attached hydrogens (tertiary/aromatic N) is 1. The largest absolute Gasteiger partial charge is 0.374 e. The van der Waals surface area contributed by atoms with Gasteiger partial charge in [0.2, 0.25) is 0 Å². The van der Waals surface area contributed by atoms with Gasteiger partial charge < -0.3 is 4.90 Å². The van der Waals surface area contributed by atoms with E-state index in [9.17, 15) is 0 Å². The highest BCUT2D eigenvalue weighted by Crippen LogP contribution is 2.50. The SMILES string of the molecule is CC(C)N1C=CC2(CC2)C1. The second kappa shape index (κ2) is 1.77. The molecule has 56 valence electrons. The fraction of sp³-hybridized carbons (Fsp3) is 0.778. The molecule has 0 aromatic carbocycles. The van der Waals surface area contributed by atoms with Crippen LogP contribution in [0.15, 0.2) is 12.3 Å². The summed E-state index contributed by atoms with van der Waals surface area (Å²) in [4.78, 5) is 2.44. The normalized spacial score (nSPS) is 26.9. The van der Waals surface area contributed by atoms with Crippen LogP contribution in [0.5, 0.6) is 0 Å². The van der Waals surface area contributed by atoms with Crippen molar-refractivity contribution in [3.8, 4) is 0 Å². The van der Waals surface area contributed by atoms with E-state index in [1.54, 1.807) is 0 Å². The monoisotopic (exact) mass is 137 g/mol. The number of hydrogen-bond acceptors (Lipinski definition) is 1. The highest BCUT2D eigenvalue weighted by Gasteiger charge is 2.44. The van der Waals surface area contributed by atoms with Crippen LogP contribution in [-0.2, 0) is 0 Å². The van der Waals surface area contributed by atoms with Gasteiger partial charge >= 0.3 is 0 Å². The van der Waals surface area contributed by atoms with Crippen molar-refractivity contribution in [1.82, 2.24) is 4.90 Å². The van der Waals surface area contributed by atoms with E-state index in [-0.39, 0.29) is 0 Å². The molecule has 0 saturated heterocycles. The van der Waals surface area contributed by atoms with E-state index in [0.717, 1.165) is 0 Å². The molecule has 1 aliphatic carbocycles. The molecule has 0 atom stereocenters. The molecule has 1 heterocycles. The van der Waals surface area contributed by atoms with Gasteiger partial charge in [-0.2, -0.15) is 0 Å². The standard InChI is InChI=1S/C9H15N/c1-8(2)10-6-5-9(7-10)3-4-9/h5-6,8H,3-4,7H2,1-2H3. The van der Waals surface area contributed by atoms with Gasteiger partial charge in [-0.3, -0.25) is 0 Å². The molecule has 0 aromatic rings. The predicted octanol–water partition coefficient (Wildman–Crippen LogP) is 2.00. The van der Waals surface area contributed by atoms with Crippen LogP contribution < -0.4 is 0 Å². The van der Waals surface area contributed by atoms with Gasteiger partial charge in [-0.1, -0.05) is 6.08 Å². The second-order valence-electron chi connectivity index (χ2n) is 3.94. The van der Waals surface area contributed by atoms with E-state index in [1.165, 1.54) is 19.4 Å². The Morgan fingerprint density at radius 1 is 1.40 bits per heavy atom. The van der Waals surface area contributed by atoms with Gasteiger partial charge in [0.25, 0.3) is 0 Å². The van der Waals surface area contributed by atoms with Crippen LogP contribution in [0, 0.1) is 5.41 Å². The first-order valence-electron chi connectivity index (χ1n) is 4.17. The fourth-order valence-electron chi connectivity index (χ4n) is 1.56. The predicted molar refractivity (Wildman–Crippen MR) is 42.6 cm³/mol. The molecular weight excluding hydrogens is 122 g/mol. The van der Waals surface area contributed by atoms with Crippen molar-refractivity contribution in [2.75, 3.05) is 6.54 Å². The minimum Gasteiger partial charge on any atom is -0.374 e. The van der Waals surface area contributed by atoms with E-state index >= 15 is 0 Å². The summed E-state index contributed by atoms with van der Waals surface area (Å²) in [7, 11) is 0. The molecule has 0 bridgehead atoms. The highest BCUT2D eigenvalue weighted by molar-refractivity contribution is 5.16. The number of hydrogen-bond donors (Lipinski definition) is 0. The van der Waals surface area contributed by atoms with Crippen molar-refractivity contribution < 1.29 is 0 Å². The second-order valence-corrected chi connectivity index (χ2v) is 3.94. The van der Waals surface area contributed by atoms with Gasteiger partial charge in [0, 0.05) is 18.0 Å². The Morgan fingerprint density at radius 3 is 2.40 bits per heavy atom. The molecule has 10 heavy (non-hydrogen) atoms. The minimum atomic E-state index is 0.643. The van der Waals surface area contributed by atoms with E-state index in [2.05, 4.69) is 31.0 Å². The maximum absolute atomic E-state index is 2.44. The Labute approximate surface area is 62.7 Å². The van der Waals surface area contributed by atoms with Gasteiger partial charge in [0.1, 0.15) is 0 Å². The topological polar surface area (TPSA) is 3.24 Å². The van der Waals surface area contributed by atoms with Crippen molar-refractivity contribution in [3.63, 3.8) is 0 Å². The van der Waals surface area contributed by atoms with Crippen LogP contribution in [0.1, 0.15) is 26.7 Å². The van der Waals surface area contributed by atoms with Crippen molar-refractivity contribution in [2.24, 2.45) is 5.41 Å². The molecule has 1 aliphatic heterocycles. The van der Waals surface area contributed by atoms with Gasteiger partial charge in [0.05, 0.1) is 0 Å².